The van der Waals surface area contributed by atoms with Crippen molar-refractivity contribution in [1.29, 1.82) is 0 Å². The standard InChI is InChI=1S/C28H24N2O4S/c1-3-17-10-15-21-22(16-17)35-28(29-21)30-24(18-8-6-5-7-9-18)23(26(32)27(30)33)25(31)19-11-13-20(14-12-19)34-4-2/h5-16,24,31H,3-4H2,1-2H3/b25-23+/t24-/m0/s1. The van der Waals surface area contributed by atoms with Gasteiger partial charge in [-0.05, 0) is 60.9 Å². The highest BCUT2D eigenvalue weighted by Gasteiger charge is 2.48. The minimum absolute atomic E-state index is 0.0406. The van der Waals surface area contributed by atoms with Gasteiger partial charge in [-0.1, -0.05) is 54.7 Å². The van der Waals surface area contributed by atoms with Gasteiger partial charge in [0.2, 0.25) is 0 Å². The van der Waals surface area contributed by atoms with E-state index in [-0.39, 0.29) is 11.3 Å². The first-order valence-electron chi connectivity index (χ1n) is 11.5. The molecule has 1 N–H and O–H groups in total. The maximum absolute atomic E-state index is 13.4. The summed E-state index contributed by atoms with van der Waals surface area (Å²) in [4.78, 5) is 32.8. The normalized spacial score (nSPS) is 17.3. The molecule has 176 valence electrons. The number of anilines is 1. The van der Waals surface area contributed by atoms with Crippen LogP contribution in [-0.2, 0) is 16.0 Å². The predicted octanol–water partition coefficient (Wildman–Crippen LogP) is 5.88. The number of aliphatic hydroxyl groups excluding tert-OH is 1. The van der Waals surface area contributed by atoms with Crippen LogP contribution in [0.25, 0.3) is 16.0 Å². The number of carbonyl (C=O) groups is 2. The Bertz CT molecular complexity index is 1440. The molecule has 3 aromatic carbocycles. The van der Waals surface area contributed by atoms with Crippen LogP contribution in [0.2, 0.25) is 0 Å². The lowest BCUT2D eigenvalue weighted by atomic mass is 9.95. The number of Topliss-reactive ketones (excluding diaryl/α,β-unsaturated/α-hetero) is 1. The van der Waals surface area contributed by atoms with Crippen LogP contribution in [0.5, 0.6) is 5.75 Å². The highest BCUT2D eigenvalue weighted by atomic mass is 32.1. The van der Waals surface area contributed by atoms with Gasteiger partial charge in [0.05, 0.1) is 28.4 Å². The Morgan fingerprint density at radius 3 is 2.46 bits per heavy atom. The summed E-state index contributed by atoms with van der Waals surface area (Å²) < 4.78 is 6.43. The van der Waals surface area contributed by atoms with Gasteiger partial charge in [0.25, 0.3) is 5.78 Å². The number of fused-ring (bicyclic) bond motifs is 1. The van der Waals surface area contributed by atoms with Crippen molar-refractivity contribution in [3.63, 3.8) is 0 Å². The zero-order valence-electron chi connectivity index (χ0n) is 19.4. The Balaban J connectivity index is 1.66. The summed E-state index contributed by atoms with van der Waals surface area (Å²) >= 11 is 1.37. The number of ether oxygens (including phenoxy) is 1. The number of aliphatic hydroxyl groups is 1. The van der Waals surface area contributed by atoms with Crippen molar-refractivity contribution in [2.45, 2.75) is 26.3 Å². The van der Waals surface area contributed by atoms with Gasteiger partial charge in [-0.25, -0.2) is 4.98 Å². The van der Waals surface area contributed by atoms with Gasteiger partial charge in [0.15, 0.2) is 5.13 Å². The lowest BCUT2D eigenvalue weighted by Crippen LogP contribution is -2.29. The summed E-state index contributed by atoms with van der Waals surface area (Å²) in [5.41, 5.74) is 3.13. The molecule has 4 aromatic rings. The Morgan fingerprint density at radius 2 is 1.77 bits per heavy atom. The van der Waals surface area contributed by atoms with Gasteiger partial charge in [-0.3, -0.25) is 14.5 Å². The van der Waals surface area contributed by atoms with Gasteiger partial charge < -0.3 is 9.84 Å². The molecule has 0 bridgehead atoms. The highest BCUT2D eigenvalue weighted by molar-refractivity contribution is 7.22. The number of nitrogens with zero attached hydrogens (tertiary/aromatic N) is 2. The molecule has 0 saturated carbocycles. The molecule has 1 aliphatic rings. The molecular weight excluding hydrogens is 460 g/mol. The number of benzene rings is 3. The third kappa shape index (κ3) is 4.08. The number of aryl methyl sites for hydroxylation is 1. The average Bonchev–Trinajstić information content (AvgIpc) is 3.42. The molecule has 1 fully saturated rings. The molecule has 0 spiro atoms. The zero-order chi connectivity index (χ0) is 24.5. The third-order valence-electron chi connectivity index (χ3n) is 6.05. The predicted molar refractivity (Wildman–Crippen MR) is 138 cm³/mol. The number of hydrogen-bond acceptors (Lipinski definition) is 6. The molecule has 5 rings (SSSR count). The number of aromatic nitrogens is 1. The van der Waals surface area contributed by atoms with Gasteiger partial charge >= 0.3 is 5.91 Å². The molecule has 0 unspecified atom stereocenters. The second-order valence-electron chi connectivity index (χ2n) is 8.19. The second kappa shape index (κ2) is 9.35. The van der Waals surface area contributed by atoms with Crippen LogP contribution >= 0.6 is 11.3 Å². The molecule has 1 saturated heterocycles. The van der Waals surface area contributed by atoms with E-state index in [2.05, 4.69) is 18.0 Å². The molecule has 7 heteroatoms. The molecule has 1 aliphatic heterocycles. The monoisotopic (exact) mass is 484 g/mol. The van der Waals surface area contributed by atoms with Crippen LogP contribution in [0.3, 0.4) is 0 Å². The van der Waals surface area contributed by atoms with Crippen molar-refractivity contribution in [3.05, 3.63) is 95.1 Å². The molecule has 1 amide bonds. The van der Waals surface area contributed by atoms with Crippen LogP contribution in [0.1, 0.15) is 36.6 Å². The van der Waals surface area contributed by atoms with Crippen molar-refractivity contribution in [2.24, 2.45) is 0 Å². The summed E-state index contributed by atoms with van der Waals surface area (Å²) in [6.45, 7) is 4.49. The van der Waals surface area contributed by atoms with Crippen LogP contribution in [-0.4, -0.2) is 28.4 Å². The first kappa shape index (κ1) is 22.8. The molecule has 6 nitrogen and oxygen atoms in total. The third-order valence-corrected chi connectivity index (χ3v) is 7.07. The molecule has 1 atom stereocenters. The summed E-state index contributed by atoms with van der Waals surface area (Å²) in [5.74, 6) is -1.01. The fourth-order valence-electron chi connectivity index (χ4n) is 4.29. The van der Waals surface area contributed by atoms with Crippen LogP contribution < -0.4 is 9.64 Å². The number of amides is 1. The Hall–Kier alpha value is -3.97. The average molecular weight is 485 g/mol. The van der Waals surface area contributed by atoms with E-state index >= 15 is 0 Å². The quantitative estimate of drug-likeness (QED) is 0.210. The van der Waals surface area contributed by atoms with Crippen LogP contribution in [0.4, 0.5) is 5.13 Å². The van der Waals surface area contributed by atoms with E-state index < -0.39 is 17.7 Å². The molecule has 35 heavy (non-hydrogen) atoms. The molecule has 0 aliphatic carbocycles. The summed E-state index contributed by atoms with van der Waals surface area (Å²) in [5, 5.41) is 11.7. The molecule has 0 radical (unpaired) electrons. The maximum Gasteiger partial charge on any atom is 0.301 e. The van der Waals surface area contributed by atoms with Crippen molar-refractivity contribution in [3.8, 4) is 5.75 Å². The first-order valence-corrected chi connectivity index (χ1v) is 12.3. The van der Waals surface area contributed by atoms with Crippen LogP contribution in [0.15, 0.2) is 78.4 Å². The lowest BCUT2D eigenvalue weighted by molar-refractivity contribution is -0.132. The van der Waals surface area contributed by atoms with Crippen molar-refractivity contribution in [1.82, 2.24) is 4.98 Å². The van der Waals surface area contributed by atoms with Gasteiger partial charge in [0, 0.05) is 5.56 Å². The Labute approximate surface area is 207 Å². The van der Waals surface area contributed by atoms with E-state index in [0.717, 1.165) is 16.6 Å². The van der Waals surface area contributed by atoms with Crippen molar-refractivity contribution < 1.29 is 19.4 Å². The maximum atomic E-state index is 13.4. The number of hydrogen-bond donors (Lipinski definition) is 1. The van der Waals surface area contributed by atoms with E-state index in [9.17, 15) is 14.7 Å². The smallest absolute Gasteiger partial charge is 0.301 e. The fraction of sp³-hybridized carbons (Fsp3) is 0.179. The summed E-state index contributed by atoms with van der Waals surface area (Å²) in [7, 11) is 0. The Kier molecular flexibility index (Phi) is 6.09. The number of rotatable bonds is 6. The second-order valence-corrected chi connectivity index (χ2v) is 9.20. The molecular formula is C28H24N2O4S. The zero-order valence-corrected chi connectivity index (χ0v) is 20.2. The van der Waals surface area contributed by atoms with Crippen LogP contribution in [0, 0.1) is 0 Å². The topological polar surface area (TPSA) is 79.7 Å². The first-order chi connectivity index (χ1) is 17.0. The minimum atomic E-state index is -0.797. The van der Waals surface area contributed by atoms with Gasteiger partial charge in [0.1, 0.15) is 11.5 Å². The Morgan fingerprint density at radius 1 is 1.03 bits per heavy atom. The highest BCUT2D eigenvalue weighted by Crippen LogP contribution is 2.44. The minimum Gasteiger partial charge on any atom is -0.507 e. The van der Waals surface area contributed by atoms with E-state index in [4.69, 9.17) is 4.74 Å². The fourth-order valence-corrected chi connectivity index (χ4v) is 5.35. The van der Waals surface area contributed by atoms with Gasteiger partial charge in [-0.15, -0.1) is 0 Å². The van der Waals surface area contributed by atoms with E-state index in [0.29, 0.717) is 28.6 Å². The van der Waals surface area contributed by atoms with Crippen molar-refractivity contribution in [2.75, 3.05) is 11.5 Å². The van der Waals surface area contributed by atoms with E-state index in [1.165, 1.54) is 21.8 Å². The summed E-state index contributed by atoms with van der Waals surface area (Å²) in [6, 6.07) is 21.3. The largest absolute Gasteiger partial charge is 0.507 e. The number of ketones is 1. The van der Waals surface area contributed by atoms with E-state index in [1.807, 2.05) is 49.4 Å². The number of thiazole rings is 1. The van der Waals surface area contributed by atoms with Gasteiger partial charge in [-0.2, -0.15) is 0 Å². The lowest BCUT2D eigenvalue weighted by Gasteiger charge is -2.22. The molecule has 1 aromatic heterocycles. The van der Waals surface area contributed by atoms with E-state index in [1.54, 1.807) is 24.3 Å². The summed E-state index contributed by atoms with van der Waals surface area (Å²) in [6.07, 6.45) is 0.889. The number of carbonyl (C=O) groups excluding carboxylic acids is 2. The molecule has 2 heterocycles. The SMILES string of the molecule is CCOc1ccc(/C(O)=C2\C(=O)C(=O)N(c3nc4ccc(CC)cc4s3)[C@H]2c2ccccc2)cc1. The van der Waals surface area contributed by atoms with Crippen molar-refractivity contribution >= 4 is 44.1 Å².